The van der Waals surface area contributed by atoms with Gasteiger partial charge in [-0.2, -0.15) is 0 Å². The predicted octanol–water partition coefficient (Wildman–Crippen LogP) is 0.683. The highest BCUT2D eigenvalue weighted by Crippen LogP contribution is 2.11. The molecular weight excluding hydrogens is 282 g/mol. The Balaban J connectivity index is 1.61. The number of benzene rings is 1. The molecule has 1 saturated heterocycles. The SMILES string of the molecule is COc1ccc(C(=O)NCCCNC(=O)[C@H]2CCCN2)cc1. The van der Waals surface area contributed by atoms with Crippen molar-refractivity contribution in [3.05, 3.63) is 29.8 Å². The smallest absolute Gasteiger partial charge is 0.251 e. The number of carbonyl (C=O) groups is 2. The van der Waals surface area contributed by atoms with Crippen molar-refractivity contribution >= 4 is 11.8 Å². The number of methoxy groups -OCH3 is 1. The van der Waals surface area contributed by atoms with E-state index in [1.54, 1.807) is 31.4 Å². The number of hydrogen-bond donors (Lipinski definition) is 3. The summed E-state index contributed by atoms with van der Waals surface area (Å²) >= 11 is 0. The van der Waals surface area contributed by atoms with Crippen LogP contribution in [0.1, 0.15) is 29.6 Å². The lowest BCUT2D eigenvalue weighted by molar-refractivity contribution is -0.122. The van der Waals surface area contributed by atoms with Crippen molar-refractivity contribution in [1.82, 2.24) is 16.0 Å². The zero-order chi connectivity index (χ0) is 15.8. The van der Waals surface area contributed by atoms with Crippen LogP contribution in [0.2, 0.25) is 0 Å². The zero-order valence-corrected chi connectivity index (χ0v) is 12.9. The Kier molecular flexibility index (Phi) is 6.21. The first kappa shape index (κ1) is 16.3. The van der Waals surface area contributed by atoms with Gasteiger partial charge in [-0.05, 0) is 50.1 Å². The molecule has 0 aliphatic carbocycles. The summed E-state index contributed by atoms with van der Waals surface area (Å²) < 4.78 is 5.05. The van der Waals surface area contributed by atoms with E-state index in [4.69, 9.17) is 4.74 Å². The first-order valence-electron chi connectivity index (χ1n) is 7.64. The van der Waals surface area contributed by atoms with Crippen molar-refractivity contribution in [2.75, 3.05) is 26.7 Å². The molecule has 0 radical (unpaired) electrons. The van der Waals surface area contributed by atoms with Crippen LogP contribution < -0.4 is 20.7 Å². The van der Waals surface area contributed by atoms with Crippen LogP contribution in [0.3, 0.4) is 0 Å². The fourth-order valence-electron chi connectivity index (χ4n) is 2.38. The van der Waals surface area contributed by atoms with Gasteiger partial charge in [0.15, 0.2) is 0 Å². The van der Waals surface area contributed by atoms with Gasteiger partial charge in [0.05, 0.1) is 13.2 Å². The molecule has 120 valence electrons. The molecule has 1 fully saturated rings. The van der Waals surface area contributed by atoms with E-state index in [9.17, 15) is 9.59 Å². The van der Waals surface area contributed by atoms with Crippen LogP contribution >= 0.6 is 0 Å². The molecule has 1 atom stereocenters. The first-order valence-corrected chi connectivity index (χ1v) is 7.64. The Morgan fingerprint density at radius 1 is 1.23 bits per heavy atom. The molecule has 0 aromatic heterocycles. The van der Waals surface area contributed by atoms with Gasteiger partial charge in [-0.15, -0.1) is 0 Å². The highest BCUT2D eigenvalue weighted by Gasteiger charge is 2.21. The van der Waals surface area contributed by atoms with Crippen LogP contribution in [0.25, 0.3) is 0 Å². The van der Waals surface area contributed by atoms with E-state index in [0.717, 1.165) is 25.1 Å². The summed E-state index contributed by atoms with van der Waals surface area (Å²) in [6.07, 6.45) is 2.66. The molecule has 6 nitrogen and oxygen atoms in total. The largest absolute Gasteiger partial charge is 0.497 e. The number of carbonyl (C=O) groups excluding carboxylic acids is 2. The van der Waals surface area contributed by atoms with Crippen molar-refractivity contribution in [2.24, 2.45) is 0 Å². The summed E-state index contributed by atoms with van der Waals surface area (Å²) in [5, 5.41) is 8.87. The van der Waals surface area contributed by atoms with Crippen LogP contribution in [-0.4, -0.2) is 44.6 Å². The van der Waals surface area contributed by atoms with E-state index in [1.165, 1.54) is 0 Å². The molecule has 1 heterocycles. The predicted molar refractivity (Wildman–Crippen MR) is 84.0 cm³/mol. The van der Waals surface area contributed by atoms with E-state index >= 15 is 0 Å². The minimum absolute atomic E-state index is 0.0473. The maximum absolute atomic E-state index is 11.9. The second-order valence-electron chi connectivity index (χ2n) is 5.28. The fraction of sp³-hybridized carbons (Fsp3) is 0.500. The third-order valence-corrected chi connectivity index (χ3v) is 3.67. The highest BCUT2D eigenvalue weighted by molar-refractivity contribution is 5.94. The van der Waals surface area contributed by atoms with Crippen molar-refractivity contribution in [1.29, 1.82) is 0 Å². The van der Waals surface area contributed by atoms with E-state index in [2.05, 4.69) is 16.0 Å². The number of hydrogen-bond acceptors (Lipinski definition) is 4. The summed E-state index contributed by atoms with van der Waals surface area (Å²) in [6.45, 7) is 2.01. The molecule has 1 aromatic rings. The normalized spacial score (nSPS) is 17.0. The molecule has 1 aromatic carbocycles. The Labute approximate surface area is 130 Å². The second-order valence-corrected chi connectivity index (χ2v) is 5.28. The average molecular weight is 305 g/mol. The van der Waals surface area contributed by atoms with Gasteiger partial charge in [-0.3, -0.25) is 9.59 Å². The molecule has 22 heavy (non-hydrogen) atoms. The lowest BCUT2D eigenvalue weighted by Crippen LogP contribution is -2.41. The van der Waals surface area contributed by atoms with Crippen molar-refractivity contribution < 1.29 is 14.3 Å². The van der Waals surface area contributed by atoms with Gasteiger partial charge in [0.1, 0.15) is 5.75 Å². The van der Waals surface area contributed by atoms with Crippen LogP contribution in [0.5, 0.6) is 5.75 Å². The second kappa shape index (κ2) is 8.38. The van der Waals surface area contributed by atoms with Crippen molar-refractivity contribution in [3.8, 4) is 5.75 Å². The van der Waals surface area contributed by atoms with E-state index in [1.807, 2.05) is 0 Å². The van der Waals surface area contributed by atoms with Gasteiger partial charge in [0, 0.05) is 18.7 Å². The van der Waals surface area contributed by atoms with Gasteiger partial charge in [0.2, 0.25) is 5.91 Å². The Hall–Kier alpha value is -2.08. The maximum atomic E-state index is 11.9. The molecule has 0 saturated carbocycles. The van der Waals surface area contributed by atoms with Crippen LogP contribution in [0.4, 0.5) is 0 Å². The van der Waals surface area contributed by atoms with E-state index in [-0.39, 0.29) is 17.9 Å². The molecule has 3 N–H and O–H groups in total. The fourth-order valence-corrected chi connectivity index (χ4v) is 2.38. The number of nitrogens with one attached hydrogen (secondary N) is 3. The lowest BCUT2D eigenvalue weighted by atomic mass is 10.2. The zero-order valence-electron chi connectivity index (χ0n) is 12.9. The maximum Gasteiger partial charge on any atom is 0.251 e. The van der Waals surface area contributed by atoms with Gasteiger partial charge in [-0.25, -0.2) is 0 Å². The molecular formula is C16H23N3O3. The van der Waals surface area contributed by atoms with Gasteiger partial charge < -0.3 is 20.7 Å². The summed E-state index contributed by atoms with van der Waals surface area (Å²) in [7, 11) is 1.59. The summed E-state index contributed by atoms with van der Waals surface area (Å²) in [6, 6.07) is 6.91. The van der Waals surface area contributed by atoms with Crippen LogP contribution in [0, 0.1) is 0 Å². The highest BCUT2D eigenvalue weighted by atomic mass is 16.5. The molecule has 1 aliphatic heterocycles. The first-order chi connectivity index (χ1) is 10.7. The van der Waals surface area contributed by atoms with Crippen LogP contribution in [-0.2, 0) is 4.79 Å². The minimum Gasteiger partial charge on any atom is -0.497 e. The molecule has 0 unspecified atom stereocenters. The molecule has 6 heteroatoms. The quantitative estimate of drug-likeness (QED) is 0.647. The molecule has 2 amide bonds. The third kappa shape index (κ3) is 4.73. The van der Waals surface area contributed by atoms with Crippen molar-refractivity contribution in [3.63, 3.8) is 0 Å². The topological polar surface area (TPSA) is 79.5 Å². The molecule has 2 rings (SSSR count). The summed E-state index contributed by atoms with van der Waals surface area (Å²) in [5.41, 5.74) is 0.597. The summed E-state index contributed by atoms with van der Waals surface area (Å²) in [5.74, 6) is 0.658. The van der Waals surface area contributed by atoms with Gasteiger partial charge in [0.25, 0.3) is 5.91 Å². The average Bonchev–Trinajstić information content (AvgIpc) is 3.09. The van der Waals surface area contributed by atoms with Crippen LogP contribution in [0.15, 0.2) is 24.3 Å². The van der Waals surface area contributed by atoms with E-state index in [0.29, 0.717) is 25.1 Å². The van der Waals surface area contributed by atoms with Crippen molar-refractivity contribution in [2.45, 2.75) is 25.3 Å². The molecule has 1 aliphatic rings. The standard InChI is InChI=1S/C16H23N3O3/c1-22-13-7-5-12(6-8-13)15(20)18-10-3-11-19-16(21)14-4-2-9-17-14/h5-8,14,17H,2-4,9-11H2,1H3,(H,18,20)(H,19,21)/t14-/m1/s1. The Morgan fingerprint density at radius 3 is 2.59 bits per heavy atom. The Bertz CT molecular complexity index is 496. The molecule has 0 spiro atoms. The van der Waals surface area contributed by atoms with E-state index < -0.39 is 0 Å². The monoisotopic (exact) mass is 305 g/mol. The number of rotatable bonds is 7. The molecule has 0 bridgehead atoms. The van der Waals surface area contributed by atoms with Gasteiger partial charge >= 0.3 is 0 Å². The Morgan fingerprint density at radius 2 is 1.95 bits per heavy atom. The minimum atomic E-state index is -0.119. The summed E-state index contributed by atoms with van der Waals surface area (Å²) in [4.78, 5) is 23.7. The number of amides is 2. The third-order valence-electron chi connectivity index (χ3n) is 3.67. The number of ether oxygens (including phenoxy) is 1. The lowest BCUT2D eigenvalue weighted by Gasteiger charge is -2.11. The van der Waals surface area contributed by atoms with Gasteiger partial charge in [-0.1, -0.05) is 0 Å².